The fourth-order valence-corrected chi connectivity index (χ4v) is 17.9. The second kappa shape index (κ2) is 35.6. The molecule has 7 heteroatoms. The Morgan fingerprint density at radius 2 is 0.225 bits per heavy atom. The maximum atomic E-state index is 7.50. The zero-order valence-electron chi connectivity index (χ0n) is 44.1. The molecule has 0 heterocycles. The van der Waals surface area contributed by atoms with Crippen LogP contribution in [-0.4, -0.2) is 0 Å². The Bertz CT molecular complexity index is 2640. The first kappa shape index (κ1) is 60.6. The summed E-state index contributed by atoms with van der Waals surface area (Å²) in [6, 6.07) is 129. The van der Waals surface area contributed by atoms with Crippen LogP contribution in [0.1, 0.15) is 0 Å². The Balaban J connectivity index is 0.000000151. The fourth-order valence-electron chi connectivity index (χ4n) is 8.71. The van der Waals surface area contributed by atoms with Gasteiger partial charge in [0.2, 0.25) is 0 Å². The maximum absolute atomic E-state index is 7.50. The topological polar surface area (TPSA) is 19.9 Å². The first-order valence-corrected chi connectivity index (χ1v) is 33.6. The minimum atomic E-state index is -0.446. The zero-order valence-corrected chi connectivity index (χ0v) is 50.1. The van der Waals surface area contributed by atoms with Crippen molar-refractivity contribution in [2.45, 2.75) is 0 Å². The molecular formula is C73H60ClOP4Ru. The molecule has 0 atom stereocenters. The summed E-state index contributed by atoms with van der Waals surface area (Å²) in [7, 11) is 2.78. The van der Waals surface area contributed by atoms with Crippen LogP contribution in [0.4, 0.5) is 0 Å². The standard InChI is InChI=1S/4C18H15P.CO.ClH.Ru/c4*1-4-10-16(11-5-1)19(17-12-6-2-7-13-17)18-14-8-3-9-15-18;1-2;;/h4*1-15H;;1H;/q;;;;;;+1/p-1. The molecule has 0 amide bonds. The first-order valence-electron chi connectivity index (χ1n) is 25.9. The van der Waals surface area contributed by atoms with E-state index < -0.39 is 31.7 Å². The van der Waals surface area contributed by atoms with Gasteiger partial charge >= 0.3 is 38.3 Å². The fraction of sp³-hybridized carbons (Fsp3) is 0. The Morgan fingerprint density at radius 3 is 0.287 bits per heavy atom. The largest absolute Gasteiger partial charge is 0.0622 e. The van der Waals surface area contributed by atoms with Gasteiger partial charge in [0.1, 0.15) is 0 Å². The average molecular weight is 1210 g/mol. The van der Waals surface area contributed by atoms with Crippen LogP contribution in [0.2, 0.25) is 0 Å². The van der Waals surface area contributed by atoms with Crippen molar-refractivity contribution in [3.05, 3.63) is 371 Å². The van der Waals surface area contributed by atoms with E-state index in [1.807, 2.05) is 17.3 Å². The van der Waals surface area contributed by atoms with E-state index in [1.165, 1.54) is 63.7 Å². The van der Waals surface area contributed by atoms with Crippen molar-refractivity contribution in [1.29, 1.82) is 0 Å². The van der Waals surface area contributed by atoms with Crippen molar-refractivity contribution < 1.29 is 22.0 Å². The Kier molecular flexibility index (Phi) is 27.0. The molecule has 12 aromatic carbocycles. The first-order chi connectivity index (χ1) is 39.8. The monoisotopic (exact) mass is 1210 g/mol. The predicted octanol–water partition coefficient (Wildman–Crippen LogP) is 14.4. The van der Waals surface area contributed by atoms with E-state index in [2.05, 4.69) is 380 Å². The van der Waals surface area contributed by atoms with E-state index in [-0.39, 0.29) is 0 Å². The van der Waals surface area contributed by atoms with E-state index in [9.17, 15) is 0 Å². The van der Waals surface area contributed by atoms with E-state index in [0.29, 0.717) is 0 Å². The van der Waals surface area contributed by atoms with Crippen LogP contribution < -0.4 is 63.7 Å². The van der Waals surface area contributed by atoms with E-state index in [0.717, 1.165) is 0 Å². The van der Waals surface area contributed by atoms with Gasteiger partial charge < -0.3 is 0 Å². The van der Waals surface area contributed by atoms with Crippen LogP contribution in [0, 0.1) is 6.65 Å². The molecule has 393 valence electrons. The van der Waals surface area contributed by atoms with Gasteiger partial charge in [-0.3, -0.25) is 0 Å². The number of benzene rings is 12. The molecule has 0 N–H and O–H groups in total. The third kappa shape index (κ3) is 18.5. The molecule has 0 saturated heterocycles. The number of hydrogen-bond donors (Lipinski definition) is 0. The quantitative estimate of drug-likeness (QED) is 0.0503. The van der Waals surface area contributed by atoms with Crippen LogP contribution in [0.5, 0.6) is 0 Å². The molecule has 12 rings (SSSR count). The molecule has 0 unspecified atom stereocenters. The third-order valence-electron chi connectivity index (χ3n) is 12.2. The summed E-state index contributed by atoms with van der Waals surface area (Å²) in [6.07, 6.45) is 0. The van der Waals surface area contributed by atoms with Gasteiger partial charge in [0.05, 0.1) is 0 Å². The summed E-state index contributed by atoms with van der Waals surface area (Å²) < 4.78 is 7.50. The minimum Gasteiger partial charge on any atom is -0.0622 e. The summed E-state index contributed by atoms with van der Waals surface area (Å²) in [6.45, 7) is 4.50. The van der Waals surface area contributed by atoms with Gasteiger partial charge in [-0.1, -0.05) is 364 Å². The molecule has 1 nitrogen and oxygen atoms in total. The predicted molar refractivity (Wildman–Crippen MR) is 350 cm³/mol. The average Bonchev–Trinajstić information content (AvgIpc) is 3.57. The summed E-state index contributed by atoms with van der Waals surface area (Å²) in [5, 5.41) is 16.8. The van der Waals surface area contributed by atoms with Gasteiger partial charge in [-0.15, -0.1) is 0 Å². The van der Waals surface area contributed by atoms with Crippen LogP contribution >= 0.6 is 41.4 Å². The number of halogens is 1. The van der Waals surface area contributed by atoms with Gasteiger partial charge in [-0.05, 0) is 95.3 Å². The molecule has 12 aromatic rings. The van der Waals surface area contributed by atoms with Gasteiger partial charge in [0, 0.05) is 0 Å². The Labute approximate surface area is 493 Å². The van der Waals surface area contributed by atoms with Crippen molar-refractivity contribution >= 4 is 105 Å². The van der Waals surface area contributed by atoms with Crippen molar-refractivity contribution in [1.82, 2.24) is 0 Å². The summed E-state index contributed by atoms with van der Waals surface area (Å²) >= 11 is 1.82. The van der Waals surface area contributed by atoms with Gasteiger partial charge in [0.15, 0.2) is 0 Å². The van der Waals surface area contributed by atoms with Gasteiger partial charge in [-0.25, -0.2) is 0 Å². The Hall–Kier alpha value is -6.99. The maximum Gasteiger partial charge on any atom is -0.0134 e. The van der Waals surface area contributed by atoms with Crippen molar-refractivity contribution in [3.63, 3.8) is 0 Å². The molecule has 0 aliphatic rings. The van der Waals surface area contributed by atoms with Gasteiger partial charge in [0.25, 0.3) is 0 Å². The van der Waals surface area contributed by atoms with Crippen LogP contribution in [-0.2, 0) is 22.0 Å². The molecule has 0 fully saturated rings. The SMILES string of the molecule is [C-]#[O+].[Cl][Ru].c1ccc(P(c2ccccc2)c2ccccc2)cc1.c1ccc(P(c2ccccc2)c2ccccc2)cc1.c1ccc(P(c2ccccc2)c2ccccc2)cc1.c1ccc(P(c2ccccc2)c2ccccc2)cc1. The van der Waals surface area contributed by atoms with E-state index in [4.69, 9.17) is 4.65 Å². The second-order valence-corrected chi connectivity index (χ2v) is 26.2. The summed E-state index contributed by atoms with van der Waals surface area (Å²) in [4.78, 5) is 0. The molecule has 0 bridgehead atoms. The molecule has 80 heavy (non-hydrogen) atoms. The smallest absolute Gasteiger partial charge is 0.0134 e. The van der Waals surface area contributed by atoms with E-state index >= 15 is 0 Å². The molecule has 0 radical (unpaired) electrons. The number of hydrogen-bond acceptors (Lipinski definition) is 0. The zero-order chi connectivity index (χ0) is 55.7. The molecular weight excluding hydrogens is 1150 g/mol. The summed E-state index contributed by atoms with van der Waals surface area (Å²) in [5.41, 5.74) is 0. The number of rotatable bonds is 12. The molecule has 0 aromatic heterocycles. The van der Waals surface area contributed by atoms with E-state index in [1.54, 1.807) is 0 Å². The van der Waals surface area contributed by atoms with Crippen LogP contribution in [0.3, 0.4) is 0 Å². The molecule has 0 saturated carbocycles. The second-order valence-electron chi connectivity index (χ2n) is 17.4. The van der Waals surface area contributed by atoms with Crippen LogP contribution in [0.25, 0.3) is 0 Å². The van der Waals surface area contributed by atoms with Crippen molar-refractivity contribution in [3.8, 4) is 0 Å². The molecule has 0 spiro atoms. The van der Waals surface area contributed by atoms with Crippen LogP contribution in [0.15, 0.2) is 364 Å². The molecule has 0 aliphatic heterocycles. The summed E-state index contributed by atoms with van der Waals surface area (Å²) in [5.74, 6) is 0. The minimum absolute atomic E-state index is 0.446. The Morgan fingerprint density at radius 1 is 0.163 bits per heavy atom. The van der Waals surface area contributed by atoms with Crippen molar-refractivity contribution in [2.24, 2.45) is 0 Å². The third-order valence-corrected chi connectivity index (χ3v) is 21.9. The van der Waals surface area contributed by atoms with Crippen molar-refractivity contribution in [2.75, 3.05) is 0 Å². The van der Waals surface area contributed by atoms with Gasteiger partial charge in [-0.2, -0.15) is 0 Å². The molecule has 0 aliphatic carbocycles. The normalized spacial score (nSPS) is 10.2.